The topological polar surface area (TPSA) is 33.2 Å². The molecule has 1 saturated heterocycles. The standard InChI is InChI=1S/C10H14N2OS/c1-8-9(11-7-14-8)10(13)12-5-3-2-4-6-12/h7H,2-6H2,1H3. The van der Waals surface area contributed by atoms with Gasteiger partial charge in [0.25, 0.3) is 5.91 Å². The minimum Gasteiger partial charge on any atom is -0.337 e. The number of aryl methyl sites for hydroxylation is 1. The SMILES string of the molecule is Cc1scnc1C(=O)N1CCCCC1. The number of piperidine rings is 1. The first-order valence-electron chi connectivity index (χ1n) is 4.98. The van der Waals surface area contributed by atoms with Crippen LogP contribution in [0.2, 0.25) is 0 Å². The van der Waals surface area contributed by atoms with Gasteiger partial charge in [-0.15, -0.1) is 11.3 Å². The van der Waals surface area contributed by atoms with Crippen LogP contribution >= 0.6 is 11.3 Å². The third kappa shape index (κ3) is 1.80. The second-order valence-electron chi connectivity index (χ2n) is 3.61. The molecule has 1 aromatic rings. The Balaban J connectivity index is 2.11. The Morgan fingerprint density at radius 3 is 2.71 bits per heavy atom. The van der Waals surface area contributed by atoms with E-state index in [0.717, 1.165) is 30.8 Å². The molecular formula is C10H14N2OS. The van der Waals surface area contributed by atoms with Gasteiger partial charge >= 0.3 is 0 Å². The van der Waals surface area contributed by atoms with Crippen LogP contribution in [0.4, 0.5) is 0 Å². The van der Waals surface area contributed by atoms with Crippen LogP contribution in [-0.4, -0.2) is 28.9 Å². The normalized spacial score (nSPS) is 17.1. The third-order valence-corrected chi connectivity index (χ3v) is 3.35. The minimum absolute atomic E-state index is 0.114. The monoisotopic (exact) mass is 210 g/mol. The van der Waals surface area contributed by atoms with E-state index < -0.39 is 0 Å². The second kappa shape index (κ2) is 4.09. The van der Waals surface area contributed by atoms with E-state index in [4.69, 9.17) is 0 Å². The Bertz CT molecular complexity index is 329. The summed E-state index contributed by atoms with van der Waals surface area (Å²) in [5.74, 6) is 0.114. The summed E-state index contributed by atoms with van der Waals surface area (Å²) in [5, 5.41) is 0. The number of thiazole rings is 1. The van der Waals surface area contributed by atoms with Crippen molar-refractivity contribution in [2.75, 3.05) is 13.1 Å². The molecule has 0 aromatic carbocycles. The van der Waals surface area contributed by atoms with Gasteiger partial charge in [-0.3, -0.25) is 4.79 Å². The molecule has 0 atom stereocenters. The number of carbonyl (C=O) groups excluding carboxylic acids is 1. The maximum absolute atomic E-state index is 12.0. The van der Waals surface area contributed by atoms with Crippen molar-refractivity contribution in [2.24, 2.45) is 0 Å². The summed E-state index contributed by atoms with van der Waals surface area (Å²) in [4.78, 5) is 19.0. The molecule has 0 aliphatic carbocycles. The van der Waals surface area contributed by atoms with Gasteiger partial charge in [0.15, 0.2) is 0 Å². The van der Waals surface area contributed by atoms with Crippen LogP contribution in [0.15, 0.2) is 5.51 Å². The Hall–Kier alpha value is -0.900. The van der Waals surface area contributed by atoms with E-state index >= 15 is 0 Å². The highest BCUT2D eigenvalue weighted by molar-refractivity contribution is 7.09. The number of hydrogen-bond donors (Lipinski definition) is 0. The Morgan fingerprint density at radius 1 is 1.43 bits per heavy atom. The predicted octanol–water partition coefficient (Wildman–Crippen LogP) is 2.08. The zero-order valence-electron chi connectivity index (χ0n) is 8.32. The highest BCUT2D eigenvalue weighted by Crippen LogP contribution is 2.16. The molecule has 0 saturated carbocycles. The van der Waals surface area contributed by atoms with Gasteiger partial charge in [0.2, 0.25) is 0 Å². The number of hydrogen-bond acceptors (Lipinski definition) is 3. The van der Waals surface area contributed by atoms with Gasteiger partial charge in [0, 0.05) is 18.0 Å². The average Bonchev–Trinajstić information content (AvgIpc) is 2.65. The quantitative estimate of drug-likeness (QED) is 0.711. The molecule has 4 heteroatoms. The predicted molar refractivity (Wildman–Crippen MR) is 56.6 cm³/mol. The van der Waals surface area contributed by atoms with E-state index in [1.54, 1.807) is 5.51 Å². The molecule has 3 nitrogen and oxygen atoms in total. The van der Waals surface area contributed by atoms with Gasteiger partial charge in [-0.2, -0.15) is 0 Å². The van der Waals surface area contributed by atoms with E-state index in [1.165, 1.54) is 17.8 Å². The first kappa shape index (κ1) is 9.65. The van der Waals surface area contributed by atoms with Crippen molar-refractivity contribution in [1.82, 2.24) is 9.88 Å². The van der Waals surface area contributed by atoms with Gasteiger partial charge in [-0.25, -0.2) is 4.98 Å². The molecule has 0 unspecified atom stereocenters. The maximum Gasteiger partial charge on any atom is 0.273 e. The number of amides is 1. The molecular weight excluding hydrogens is 196 g/mol. The molecule has 2 heterocycles. The molecule has 0 N–H and O–H groups in total. The molecule has 14 heavy (non-hydrogen) atoms. The second-order valence-corrected chi connectivity index (χ2v) is 4.67. The number of likely N-dealkylation sites (tertiary alicyclic amines) is 1. The Labute approximate surface area is 87.8 Å². The van der Waals surface area contributed by atoms with Crippen LogP contribution < -0.4 is 0 Å². The summed E-state index contributed by atoms with van der Waals surface area (Å²) in [5.41, 5.74) is 2.39. The van der Waals surface area contributed by atoms with Crippen molar-refractivity contribution in [3.8, 4) is 0 Å². The largest absolute Gasteiger partial charge is 0.337 e. The number of aromatic nitrogens is 1. The van der Waals surface area contributed by atoms with Crippen LogP contribution in [0.3, 0.4) is 0 Å². The van der Waals surface area contributed by atoms with Crippen LogP contribution in [0, 0.1) is 6.92 Å². The average molecular weight is 210 g/mol. The highest BCUT2D eigenvalue weighted by atomic mass is 32.1. The smallest absolute Gasteiger partial charge is 0.273 e. The van der Waals surface area contributed by atoms with E-state index in [0.29, 0.717) is 5.69 Å². The van der Waals surface area contributed by atoms with Gasteiger partial charge < -0.3 is 4.90 Å². The lowest BCUT2D eigenvalue weighted by Gasteiger charge is -2.26. The molecule has 1 amide bonds. The molecule has 2 rings (SSSR count). The van der Waals surface area contributed by atoms with Crippen molar-refractivity contribution in [2.45, 2.75) is 26.2 Å². The van der Waals surface area contributed by atoms with Crippen LogP contribution in [0.1, 0.15) is 34.6 Å². The lowest BCUT2D eigenvalue weighted by Crippen LogP contribution is -2.36. The van der Waals surface area contributed by atoms with E-state index in [1.807, 2.05) is 11.8 Å². The molecule has 0 spiro atoms. The summed E-state index contributed by atoms with van der Waals surface area (Å²) in [6.07, 6.45) is 3.52. The zero-order valence-corrected chi connectivity index (χ0v) is 9.14. The summed E-state index contributed by atoms with van der Waals surface area (Å²) in [6, 6.07) is 0. The van der Waals surface area contributed by atoms with Gasteiger partial charge in [0.1, 0.15) is 5.69 Å². The van der Waals surface area contributed by atoms with E-state index in [2.05, 4.69) is 4.98 Å². The molecule has 1 aliphatic rings. The van der Waals surface area contributed by atoms with E-state index in [9.17, 15) is 4.79 Å². The van der Waals surface area contributed by atoms with Crippen LogP contribution in [0.25, 0.3) is 0 Å². The fourth-order valence-corrected chi connectivity index (χ4v) is 2.33. The number of rotatable bonds is 1. The first-order valence-corrected chi connectivity index (χ1v) is 5.86. The minimum atomic E-state index is 0.114. The molecule has 1 fully saturated rings. The lowest BCUT2D eigenvalue weighted by molar-refractivity contribution is 0.0718. The van der Waals surface area contributed by atoms with Gasteiger partial charge in [-0.1, -0.05) is 0 Å². The fourth-order valence-electron chi connectivity index (χ4n) is 1.76. The molecule has 0 bridgehead atoms. The first-order chi connectivity index (χ1) is 6.79. The number of carbonyl (C=O) groups is 1. The molecule has 1 aliphatic heterocycles. The summed E-state index contributed by atoms with van der Waals surface area (Å²) in [6.45, 7) is 3.75. The van der Waals surface area contributed by atoms with Gasteiger partial charge in [0.05, 0.1) is 5.51 Å². The lowest BCUT2D eigenvalue weighted by atomic mass is 10.1. The summed E-state index contributed by atoms with van der Waals surface area (Å²) in [7, 11) is 0. The Morgan fingerprint density at radius 2 is 2.14 bits per heavy atom. The summed E-state index contributed by atoms with van der Waals surface area (Å²) < 4.78 is 0. The van der Waals surface area contributed by atoms with Crippen molar-refractivity contribution < 1.29 is 4.79 Å². The maximum atomic E-state index is 12.0. The number of nitrogens with zero attached hydrogens (tertiary/aromatic N) is 2. The fraction of sp³-hybridized carbons (Fsp3) is 0.600. The van der Waals surface area contributed by atoms with Crippen LogP contribution in [0.5, 0.6) is 0 Å². The Kier molecular flexibility index (Phi) is 2.82. The highest BCUT2D eigenvalue weighted by Gasteiger charge is 2.21. The summed E-state index contributed by atoms with van der Waals surface area (Å²) >= 11 is 1.54. The van der Waals surface area contributed by atoms with Crippen molar-refractivity contribution in [3.05, 3.63) is 16.1 Å². The third-order valence-electron chi connectivity index (χ3n) is 2.59. The van der Waals surface area contributed by atoms with Crippen molar-refractivity contribution in [1.29, 1.82) is 0 Å². The van der Waals surface area contributed by atoms with Crippen molar-refractivity contribution in [3.63, 3.8) is 0 Å². The molecule has 1 aromatic heterocycles. The van der Waals surface area contributed by atoms with E-state index in [-0.39, 0.29) is 5.91 Å². The van der Waals surface area contributed by atoms with Crippen molar-refractivity contribution >= 4 is 17.2 Å². The molecule has 0 radical (unpaired) electrons. The van der Waals surface area contributed by atoms with Gasteiger partial charge in [-0.05, 0) is 26.2 Å². The van der Waals surface area contributed by atoms with Crippen LogP contribution in [-0.2, 0) is 0 Å². The zero-order chi connectivity index (χ0) is 9.97. The molecule has 76 valence electrons.